The molecule has 2 aliphatic heterocycles. The highest BCUT2D eigenvalue weighted by atomic mass is 28.3. The molecule has 0 aromatic heterocycles. The highest BCUT2D eigenvalue weighted by Crippen LogP contribution is 2.47. The van der Waals surface area contributed by atoms with Crippen LogP contribution in [0.2, 0.25) is 13.1 Å². The van der Waals surface area contributed by atoms with Crippen LogP contribution in [-0.2, 0) is 23.4 Å². The van der Waals surface area contributed by atoms with Gasteiger partial charge in [0.2, 0.25) is 0 Å². The molecule has 0 amide bonds. The minimum atomic E-state index is -1.28. The van der Waals surface area contributed by atoms with E-state index in [0.717, 1.165) is 77.4 Å². The van der Waals surface area contributed by atoms with Crippen LogP contribution in [-0.4, -0.2) is 64.9 Å². The van der Waals surface area contributed by atoms with Crippen molar-refractivity contribution >= 4 is 9.04 Å². The van der Waals surface area contributed by atoms with E-state index in [1.807, 2.05) is 0 Å². The van der Waals surface area contributed by atoms with Crippen LogP contribution in [0, 0.1) is 17.3 Å². The van der Waals surface area contributed by atoms with Gasteiger partial charge in [-0.3, -0.25) is 0 Å². The van der Waals surface area contributed by atoms with Gasteiger partial charge in [0.1, 0.15) is 0 Å². The molecule has 7 heteroatoms. The third kappa shape index (κ3) is 9.48. The fourth-order valence-electron chi connectivity index (χ4n) is 6.05. The zero-order valence-corrected chi connectivity index (χ0v) is 24.8. The number of aliphatic hydroxyl groups is 1. The van der Waals surface area contributed by atoms with Gasteiger partial charge in [-0.25, -0.2) is 0 Å². The van der Waals surface area contributed by atoms with Crippen molar-refractivity contribution in [1.29, 1.82) is 0 Å². The summed E-state index contributed by atoms with van der Waals surface area (Å²) >= 11 is 0. The summed E-state index contributed by atoms with van der Waals surface area (Å²) in [6.07, 6.45) is 15.8. The molecular weight excluding hydrogens is 472 g/mol. The Morgan fingerprint density at radius 3 is 2.08 bits per heavy atom. The van der Waals surface area contributed by atoms with Crippen molar-refractivity contribution in [3.05, 3.63) is 12.2 Å². The van der Waals surface area contributed by atoms with E-state index in [0.29, 0.717) is 5.92 Å². The molecule has 3 rings (SSSR count). The number of allylic oxidation sites excluding steroid dienone is 2. The van der Waals surface area contributed by atoms with Gasteiger partial charge in [0, 0.05) is 32.2 Å². The molecule has 1 saturated carbocycles. The van der Waals surface area contributed by atoms with E-state index < -0.39 is 9.04 Å². The molecule has 0 radical (unpaired) electrons. The van der Waals surface area contributed by atoms with E-state index >= 15 is 0 Å². The number of aliphatic hydroxyl groups excluding tert-OH is 1. The molecule has 7 atom stereocenters. The maximum atomic E-state index is 9.11. The Morgan fingerprint density at radius 2 is 1.56 bits per heavy atom. The Kier molecular flexibility index (Phi) is 12.9. The van der Waals surface area contributed by atoms with E-state index in [2.05, 4.69) is 46.0 Å². The van der Waals surface area contributed by atoms with Gasteiger partial charge in [-0.05, 0) is 88.6 Å². The normalized spacial score (nSPS) is 33.0. The summed E-state index contributed by atoms with van der Waals surface area (Å²) in [5.41, 5.74) is -0.00368. The molecule has 210 valence electrons. The Hall–Kier alpha value is -0.283. The van der Waals surface area contributed by atoms with Crippen molar-refractivity contribution < 1.29 is 28.5 Å². The largest absolute Gasteiger partial charge is 0.417 e. The number of rotatable bonds is 13. The molecule has 0 spiro atoms. The Labute approximate surface area is 222 Å². The average molecular weight is 527 g/mol. The van der Waals surface area contributed by atoms with Crippen molar-refractivity contribution in [2.45, 2.75) is 135 Å². The molecular formula is C29H54O6Si. The van der Waals surface area contributed by atoms with Crippen LogP contribution in [0.25, 0.3) is 0 Å². The van der Waals surface area contributed by atoms with Crippen LogP contribution in [0.5, 0.6) is 0 Å². The van der Waals surface area contributed by atoms with Crippen molar-refractivity contribution in [3.63, 3.8) is 0 Å². The molecule has 1 aliphatic carbocycles. The molecule has 3 fully saturated rings. The topological polar surface area (TPSA) is 66.4 Å². The maximum Gasteiger partial charge on any atom is 0.171 e. The maximum absolute atomic E-state index is 9.11. The number of hydrogen-bond donors (Lipinski definition) is 1. The van der Waals surface area contributed by atoms with Crippen LogP contribution in [0.1, 0.15) is 91.4 Å². The van der Waals surface area contributed by atoms with Gasteiger partial charge in [0.15, 0.2) is 21.6 Å². The number of ether oxygens (including phenoxy) is 4. The highest BCUT2D eigenvalue weighted by Gasteiger charge is 2.52. The Bertz CT molecular complexity index is 624. The molecule has 36 heavy (non-hydrogen) atoms. The molecule has 0 aromatic carbocycles. The summed E-state index contributed by atoms with van der Waals surface area (Å²) in [6.45, 7) is 13.3. The Balaban J connectivity index is 1.85. The molecule has 0 bridgehead atoms. The monoisotopic (exact) mass is 526 g/mol. The van der Waals surface area contributed by atoms with E-state index in [1.165, 1.54) is 6.42 Å². The third-order valence-electron chi connectivity index (χ3n) is 7.77. The molecule has 0 aromatic rings. The van der Waals surface area contributed by atoms with E-state index in [-0.39, 0.29) is 48.8 Å². The van der Waals surface area contributed by atoms with Gasteiger partial charge in [-0.1, -0.05) is 32.9 Å². The summed E-state index contributed by atoms with van der Waals surface area (Å²) in [4.78, 5) is 0. The van der Waals surface area contributed by atoms with E-state index in [4.69, 9.17) is 28.5 Å². The van der Waals surface area contributed by atoms with E-state index in [1.54, 1.807) is 0 Å². The molecule has 3 aliphatic rings. The van der Waals surface area contributed by atoms with Gasteiger partial charge in [-0.2, -0.15) is 0 Å². The molecule has 1 N–H and O–H groups in total. The lowest BCUT2D eigenvalue weighted by atomic mass is 9.75. The van der Waals surface area contributed by atoms with E-state index in [9.17, 15) is 0 Å². The van der Waals surface area contributed by atoms with Crippen molar-refractivity contribution in [3.8, 4) is 0 Å². The predicted molar refractivity (Wildman–Crippen MR) is 146 cm³/mol. The van der Waals surface area contributed by atoms with Crippen LogP contribution in [0.3, 0.4) is 0 Å². The zero-order chi connectivity index (χ0) is 26.0. The summed E-state index contributed by atoms with van der Waals surface area (Å²) in [5.74, 6) is 0.538. The quantitative estimate of drug-likeness (QED) is 0.181. The second kappa shape index (κ2) is 15.3. The van der Waals surface area contributed by atoms with Crippen molar-refractivity contribution in [1.82, 2.24) is 0 Å². The second-order valence-electron chi connectivity index (χ2n) is 12.3. The fourth-order valence-corrected chi connectivity index (χ4v) is 7.23. The number of hydrogen-bond acceptors (Lipinski definition) is 6. The zero-order valence-electron chi connectivity index (χ0n) is 23.7. The minimum Gasteiger partial charge on any atom is -0.417 e. The first-order chi connectivity index (χ1) is 17.3. The minimum absolute atomic E-state index is 0.00368. The van der Waals surface area contributed by atoms with Crippen molar-refractivity contribution in [2.75, 3.05) is 19.8 Å². The van der Waals surface area contributed by atoms with Crippen LogP contribution in [0.4, 0.5) is 0 Å². The van der Waals surface area contributed by atoms with Crippen LogP contribution < -0.4 is 0 Å². The van der Waals surface area contributed by atoms with Gasteiger partial charge >= 0.3 is 0 Å². The predicted octanol–water partition coefficient (Wildman–Crippen LogP) is 5.97. The van der Waals surface area contributed by atoms with Gasteiger partial charge in [-0.15, -0.1) is 0 Å². The SMILES string of the molecule is C[SiH](C)OC([C@H]1[C@@H](CC=CCCCCO)[C@@H](OC2CCCCO2)C[C@H]1OC1CCCCO1)C(C)(C)C. The summed E-state index contributed by atoms with van der Waals surface area (Å²) in [6, 6.07) is 0. The molecule has 2 saturated heterocycles. The molecule has 2 heterocycles. The second-order valence-corrected chi connectivity index (χ2v) is 14.7. The smallest absolute Gasteiger partial charge is 0.171 e. The standard InChI is InChI=1S/C29H54O6Si/c1-29(2,3)28(35-36(4)5)27-22(15-9-7-6-8-12-18-30)23(33-25-16-10-13-19-31-25)21-24(27)34-26-17-11-14-20-32-26/h7,9,22-28,30,36H,6,8,10-21H2,1-5H3/t22-,23-,24+,25?,26?,27-,28?/m0/s1. The third-order valence-corrected chi connectivity index (χ3v) is 8.61. The lowest BCUT2D eigenvalue weighted by Gasteiger charge is -2.42. The van der Waals surface area contributed by atoms with Crippen molar-refractivity contribution in [2.24, 2.45) is 17.3 Å². The number of unbranched alkanes of at least 4 members (excludes halogenated alkanes) is 2. The summed E-state index contributed by atoms with van der Waals surface area (Å²) in [7, 11) is -1.28. The summed E-state index contributed by atoms with van der Waals surface area (Å²) < 4.78 is 32.4. The first-order valence-corrected chi connectivity index (χ1v) is 17.5. The van der Waals surface area contributed by atoms with Gasteiger partial charge < -0.3 is 28.5 Å². The fraction of sp³-hybridized carbons (Fsp3) is 0.931. The first-order valence-electron chi connectivity index (χ1n) is 14.7. The molecule has 3 unspecified atom stereocenters. The molecule has 6 nitrogen and oxygen atoms in total. The van der Waals surface area contributed by atoms with Crippen LogP contribution >= 0.6 is 0 Å². The summed E-state index contributed by atoms with van der Waals surface area (Å²) in [5, 5.41) is 9.11. The Morgan fingerprint density at radius 1 is 0.917 bits per heavy atom. The first kappa shape index (κ1) is 30.3. The van der Waals surface area contributed by atoms with Gasteiger partial charge in [0.25, 0.3) is 0 Å². The lowest BCUT2D eigenvalue weighted by Crippen LogP contribution is -2.47. The lowest BCUT2D eigenvalue weighted by molar-refractivity contribution is -0.207. The average Bonchev–Trinajstić information content (AvgIpc) is 3.16. The highest BCUT2D eigenvalue weighted by molar-refractivity contribution is 6.48. The van der Waals surface area contributed by atoms with Gasteiger partial charge in [0.05, 0.1) is 18.3 Å². The van der Waals surface area contributed by atoms with Crippen LogP contribution in [0.15, 0.2) is 12.2 Å².